The lowest BCUT2D eigenvalue weighted by atomic mass is 9.83. The van der Waals surface area contributed by atoms with E-state index in [1.165, 1.54) is 19.4 Å². The van der Waals surface area contributed by atoms with Crippen molar-refractivity contribution in [3.8, 4) is 0 Å². The smallest absolute Gasteiger partial charge is 0.202 e. The second-order valence-electron chi connectivity index (χ2n) is 4.98. The summed E-state index contributed by atoms with van der Waals surface area (Å²) in [5.41, 5.74) is 0.364. The van der Waals surface area contributed by atoms with Crippen LogP contribution in [0.25, 0.3) is 0 Å². The van der Waals surface area contributed by atoms with Gasteiger partial charge in [-0.05, 0) is 31.7 Å². The van der Waals surface area contributed by atoms with E-state index in [9.17, 15) is 0 Å². The van der Waals surface area contributed by atoms with Gasteiger partial charge in [-0.3, -0.25) is 0 Å². The first-order chi connectivity index (χ1) is 7.73. The molecule has 1 saturated heterocycles. The predicted molar refractivity (Wildman–Crippen MR) is 66.6 cm³/mol. The quantitative estimate of drug-likeness (QED) is 0.815. The van der Waals surface area contributed by atoms with Crippen LogP contribution in [0.4, 0.5) is 5.95 Å². The van der Waals surface area contributed by atoms with E-state index in [0.29, 0.717) is 5.41 Å². The molecule has 2 heterocycles. The van der Waals surface area contributed by atoms with Crippen molar-refractivity contribution in [1.82, 2.24) is 14.9 Å². The molecule has 0 aliphatic carbocycles. The van der Waals surface area contributed by atoms with Gasteiger partial charge >= 0.3 is 0 Å². The van der Waals surface area contributed by atoms with E-state index in [-0.39, 0.29) is 0 Å². The van der Waals surface area contributed by atoms with Gasteiger partial charge in [0.15, 0.2) is 0 Å². The number of anilines is 1. The normalized spacial score (nSPS) is 25.6. The lowest BCUT2D eigenvalue weighted by molar-refractivity contribution is 0.253. The lowest BCUT2D eigenvalue weighted by Gasteiger charge is -2.34. The number of aryl methyl sites for hydroxylation is 1. The maximum absolute atomic E-state index is 4.33. The molecule has 0 bridgehead atoms. The van der Waals surface area contributed by atoms with Gasteiger partial charge in [0, 0.05) is 32.0 Å². The van der Waals surface area contributed by atoms with Crippen LogP contribution >= 0.6 is 0 Å². The van der Waals surface area contributed by atoms with Crippen LogP contribution < -0.4 is 10.6 Å². The Kier molecular flexibility index (Phi) is 3.49. The van der Waals surface area contributed by atoms with E-state index in [1.54, 1.807) is 0 Å². The monoisotopic (exact) mass is 222 g/mol. The zero-order chi connectivity index (χ0) is 11.4. The first-order valence-electron chi connectivity index (χ1n) is 6.19. The van der Waals surface area contributed by atoms with Crippen molar-refractivity contribution < 1.29 is 0 Å². The summed E-state index contributed by atoms with van der Waals surface area (Å²) in [6.45, 7) is 8.71. The predicted octanol–water partition coefficient (Wildman–Crippen LogP) is 1.70. The molecule has 1 atom stereocenters. The van der Waals surface area contributed by atoms with Crippen LogP contribution in [0.2, 0.25) is 0 Å². The fraction of sp³-hybridized carbons (Fsp3) is 0.750. The molecule has 1 aromatic rings. The second kappa shape index (κ2) is 4.87. The van der Waals surface area contributed by atoms with E-state index in [1.807, 2.05) is 12.4 Å². The zero-order valence-electron chi connectivity index (χ0n) is 10.3. The van der Waals surface area contributed by atoms with E-state index in [2.05, 4.69) is 34.0 Å². The van der Waals surface area contributed by atoms with E-state index in [4.69, 9.17) is 0 Å². The molecule has 2 rings (SSSR count). The number of imidazole rings is 1. The third kappa shape index (κ3) is 2.55. The van der Waals surface area contributed by atoms with E-state index >= 15 is 0 Å². The maximum atomic E-state index is 4.33. The zero-order valence-corrected chi connectivity index (χ0v) is 10.3. The number of nitrogens with one attached hydrogen (secondary N) is 2. The van der Waals surface area contributed by atoms with Gasteiger partial charge in [0.2, 0.25) is 5.95 Å². The molecule has 1 aliphatic rings. The van der Waals surface area contributed by atoms with Crippen LogP contribution in [-0.2, 0) is 6.54 Å². The Morgan fingerprint density at radius 3 is 3.19 bits per heavy atom. The highest BCUT2D eigenvalue weighted by atomic mass is 15.2. The molecule has 0 aromatic carbocycles. The SMILES string of the molecule is CCn1ccnc1NCC1(C)CCCNC1. The first-order valence-corrected chi connectivity index (χ1v) is 6.19. The summed E-state index contributed by atoms with van der Waals surface area (Å²) in [7, 11) is 0. The Morgan fingerprint density at radius 2 is 2.50 bits per heavy atom. The number of rotatable bonds is 4. The largest absolute Gasteiger partial charge is 0.355 e. The van der Waals surface area contributed by atoms with E-state index < -0.39 is 0 Å². The molecule has 2 N–H and O–H groups in total. The first kappa shape index (κ1) is 11.5. The molecular weight excluding hydrogens is 200 g/mol. The van der Waals surface area contributed by atoms with Gasteiger partial charge in [0.25, 0.3) is 0 Å². The van der Waals surface area contributed by atoms with Gasteiger partial charge in [0.1, 0.15) is 0 Å². The summed E-state index contributed by atoms with van der Waals surface area (Å²) in [5, 5.41) is 6.93. The van der Waals surface area contributed by atoms with Crippen LogP contribution in [-0.4, -0.2) is 29.2 Å². The summed E-state index contributed by atoms with van der Waals surface area (Å²) in [6.07, 6.45) is 6.44. The van der Waals surface area contributed by atoms with Crippen molar-refractivity contribution >= 4 is 5.95 Å². The fourth-order valence-corrected chi connectivity index (χ4v) is 2.29. The highest BCUT2D eigenvalue weighted by molar-refractivity contribution is 5.26. The Labute approximate surface area is 97.4 Å². The third-order valence-electron chi connectivity index (χ3n) is 3.42. The molecule has 4 nitrogen and oxygen atoms in total. The number of hydrogen-bond donors (Lipinski definition) is 2. The van der Waals surface area contributed by atoms with Gasteiger partial charge in [-0.25, -0.2) is 4.98 Å². The van der Waals surface area contributed by atoms with Crippen molar-refractivity contribution in [3.05, 3.63) is 12.4 Å². The molecule has 90 valence electrons. The van der Waals surface area contributed by atoms with Crippen molar-refractivity contribution in [1.29, 1.82) is 0 Å². The van der Waals surface area contributed by atoms with Gasteiger partial charge in [0.05, 0.1) is 0 Å². The van der Waals surface area contributed by atoms with Gasteiger partial charge in [-0.2, -0.15) is 0 Å². The Hall–Kier alpha value is -1.03. The minimum absolute atomic E-state index is 0.364. The van der Waals surface area contributed by atoms with Crippen LogP contribution in [0.3, 0.4) is 0 Å². The number of nitrogens with zero attached hydrogens (tertiary/aromatic N) is 2. The lowest BCUT2D eigenvalue weighted by Crippen LogP contribution is -2.42. The van der Waals surface area contributed by atoms with Crippen LogP contribution in [0.1, 0.15) is 26.7 Å². The third-order valence-corrected chi connectivity index (χ3v) is 3.42. The topological polar surface area (TPSA) is 41.9 Å². The van der Waals surface area contributed by atoms with Crippen LogP contribution in [0.5, 0.6) is 0 Å². The van der Waals surface area contributed by atoms with Crippen molar-refractivity contribution in [3.63, 3.8) is 0 Å². The van der Waals surface area contributed by atoms with Crippen molar-refractivity contribution in [2.45, 2.75) is 33.2 Å². The molecule has 0 saturated carbocycles. The van der Waals surface area contributed by atoms with Gasteiger partial charge < -0.3 is 15.2 Å². The number of piperidine rings is 1. The molecule has 1 fully saturated rings. The Bertz CT molecular complexity index is 326. The molecule has 1 aromatic heterocycles. The summed E-state index contributed by atoms with van der Waals surface area (Å²) in [4.78, 5) is 4.33. The minimum atomic E-state index is 0.364. The molecule has 16 heavy (non-hydrogen) atoms. The minimum Gasteiger partial charge on any atom is -0.355 e. The van der Waals surface area contributed by atoms with Crippen molar-refractivity contribution in [2.75, 3.05) is 25.0 Å². The van der Waals surface area contributed by atoms with Gasteiger partial charge in [-0.15, -0.1) is 0 Å². The Balaban J connectivity index is 1.91. The maximum Gasteiger partial charge on any atom is 0.202 e. The second-order valence-corrected chi connectivity index (χ2v) is 4.98. The summed E-state index contributed by atoms with van der Waals surface area (Å²) in [5.74, 6) is 0.995. The molecule has 0 spiro atoms. The number of aromatic nitrogens is 2. The Morgan fingerprint density at radius 1 is 1.62 bits per heavy atom. The average Bonchev–Trinajstić information content (AvgIpc) is 2.75. The molecular formula is C12H22N4. The summed E-state index contributed by atoms with van der Waals surface area (Å²) in [6, 6.07) is 0. The molecule has 1 unspecified atom stereocenters. The summed E-state index contributed by atoms with van der Waals surface area (Å²) >= 11 is 0. The highest BCUT2D eigenvalue weighted by Crippen LogP contribution is 2.25. The highest BCUT2D eigenvalue weighted by Gasteiger charge is 2.26. The van der Waals surface area contributed by atoms with Crippen LogP contribution in [0, 0.1) is 5.41 Å². The van der Waals surface area contributed by atoms with Crippen molar-refractivity contribution in [2.24, 2.45) is 5.41 Å². The molecule has 0 radical (unpaired) electrons. The average molecular weight is 222 g/mol. The standard InChI is InChI=1S/C12H22N4/c1-3-16-8-7-14-11(16)15-10-12(2)5-4-6-13-9-12/h7-8,13H,3-6,9-10H2,1-2H3,(H,14,15). The van der Waals surface area contributed by atoms with Gasteiger partial charge in [-0.1, -0.05) is 6.92 Å². The van der Waals surface area contributed by atoms with E-state index in [0.717, 1.165) is 25.6 Å². The molecule has 1 aliphatic heterocycles. The molecule has 4 heteroatoms. The summed E-state index contributed by atoms with van der Waals surface area (Å²) < 4.78 is 2.14. The fourth-order valence-electron chi connectivity index (χ4n) is 2.29. The molecule has 0 amide bonds. The van der Waals surface area contributed by atoms with Crippen LogP contribution in [0.15, 0.2) is 12.4 Å². The number of hydrogen-bond acceptors (Lipinski definition) is 3.